The second-order valence-electron chi connectivity index (χ2n) is 5.14. The number of hydrogen-bond donors (Lipinski definition) is 1. The first kappa shape index (κ1) is 15.1. The molecule has 2 aromatic rings. The highest BCUT2D eigenvalue weighted by atomic mass is 79.9. The highest BCUT2D eigenvalue weighted by Gasteiger charge is 2.09. The minimum atomic E-state index is 0.471. The van der Waals surface area contributed by atoms with Crippen molar-refractivity contribution in [2.45, 2.75) is 19.5 Å². The molecule has 0 radical (unpaired) electrons. The molecule has 0 saturated heterocycles. The van der Waals surface area contributed by atoms with E-state index in [0.29, 0.717) is 6.04 Å². The first-order valence-corrected chi connectivity index (χ1v) is 7.68. The average Bonchev–Trinajstić information content (AvgIpc) is 2.48. The van der Waals surface area contributed by atoms with Crippen molar-refractivity contribution in [2.75, 3.05) is 18.9 Å². The van der Waals surface area contributed by atoms with Crippen molar-refractivity contribution >= 4 is 21.6 Å². The van der Waals surface area contributed by atoms with E-state index < -0.39 is 0 Å². The summed E-state index contributed by atoms with van der Waals surface area (Å²) in [6.07, 6.45) is 0. The maximum atomic E-state index is 3.47. The predicted molar refractivity (Wildman–Crippen MR) is 90.0 cm³/mol. The van der Waals surface area contributed by atoms with Crippen LogP contribution in [0.25, 0.3) is 0 Å². The minimum Gasteiger partial charge on any atom is -0.383 e. The van der Waals surface area contributed by atoms with Gasteiger partial charge in [0.1, 0.15) is 0 Å². The summed E-state index contributed by atoms with van der Waals surface area (Å²) in [6.45, 7) is 4.15. The molecule has 0 spiro atoms. The molecule has 2 rings (SSSR count). The standard InChI is InChI=1S/C17H21BrN2/c1-14(12-19-17-6-4-3-5-7-17)20(2)13-15-8-10-16(18)11-9-15/h3-11,14,19H,12-13H2,1-2H3. The quantitative estimate of drug-likeness (QED) is 0.844. The zero-order chi connectivity index (χ0) is 14.4. The fourth-order valence-electron chi connectivity index (χ4n) is 2.01. The van der Waals surface area contributed by atoms with Crippen molar-refractivity contribution in [1.29, 1.82) is 0 Å². The second-order valence-corrected chi connectivity index (χ2v) is 6.05. The van der Waals surface area contributed by atoms with Gasteiger partial charge in [0.2, 0.25) is 0 Å². The van der Waals surface area contributed by atoms with E-state index in [1.165, 1.54) is 11.3 Å². The normalized spacial score (nSPS) is 12.4. The maximum absolute atomic E-state index is 3.47. The van der Waals surface area contributed by atoms with E-state index in [9.17, 15) is 0 Å². The first-order valence-electron chi connectivity index (χ1n) is 6.89. The summed E-state index contributed by atoms with van der Waals surface area (Å²) in [5, 5.41) is 3.47. The highest BCUT2D eigenvalue weighted by molar-refractivity contribution is 9.10. The number of hydrogen-bond acceptors (Lipinski definition) is 2. The monoisotopic (exact) mass is 332 g/mol. The summed E-state index contributed by atoms with van der Waals surface area (Å²) in [7, 11) is 2.17. The van der Waals surface area contributed by atoms with Gasteiger partial charge in [0.15, 0.2) is 0 Å². The van der Waals surface area contributed by atoms with Crippen LogP contribution in [-0.4, -0.2) is 24.5 Å². The number of nitrogens with zero attached hydrogens (tertiary/aromatic N) is 1. The van der Waals surface area contributed by atoms with Crippen molar-refractivity contribution in [3.63, 3.8) is 0 Å². The molecular formula is C17H21BrN2. The van der Waals surface area contributed by atoms with Crippen LogP contribution in [0.3, 0.4) is 0 Å². The number of likely N-dealkylation sites (N-methyl/N-ethyl adjacent to an activating group) is 1. The van der Waals surface area contributed by atoms with Gasteiger partial charge in [-0.05, 0) is 43.8 Å². The molecule has 3 heteroatoms. The fraction of sp³-hybridized carbons (Fsp3) is 0.294. The Bertz CT molecular complexity index is 510. The maximum Gasteiger partial charge on any atom is 0.0340 e. The molecule has 106 valence electrons. The Labute approximate surface area is 129 Å². The van der Waals surface area contributed by atoms with Gasteiger partial charge in [0.05, 0.1) is 0 Å². The van der Waals surface area contributed by atoms with Crippen molar-refractivity contribution in [2.24, 2.45) is 0 Å². The molecule has 0 heterocycles. The third kappa shape index (κ3) is 4.66. The van der Waals surface area contributed by atoms with Crippen LogP contribution in [0.1, 0.15) is 12.5 Å². The fourth-order valence-corrected chi connectivity index (χ4v) is 2.28. The zero-order valence-corrected chi connectivity index (χ0v) is 13.6. The molecule has 0 aliphatic heterocycles. The smallest absolute Gasteiger partial charge is 0.0340 e. The summed E-state index contributed by atoms with van der Waals surface area (Å²) < 4.78 is 1.13. The summed E-state index contributed by atoms with van der Waals surface area (Å²) in [6, 6.07) is 19.3. The largest absolute Gasteiger partial charge is 0.383 e. The predicted octanol–water partition coefficient (Wildman–Crippen LogP) is 4.38. The zero-order valence-electron chi connectivity index (χ0n) is 12.0. The highest BCUT2D eigenvalue weighted by Crippen LogP contribution is 2.13. The summed E-state index contributed by atoms with van der Waals surface area (Å²) in [5.41, 5.74) is 2.51. The van der Waals surface area contributed by atoms with Crippen LogP contribution in [0.5, 0.6) is 0 Å². The summed E-state index contributed by atoms with van der Waals surface area (Å²) in [5.74, 6) is 0. The van der Waals surface area contributed by atoms with Gasteiger partial charge in [-0.3, -0.25) is 4.90 Å². The van der Waals surface area contributed by atoms with E-state index in [1.54, 1.807) is 0 Å². The van der Waals surface area contributed by atoms with Gasteiger partial charge in [-0.15, -0.1) is 0 Å². The number of halogens is 1. The Morgan fingerprint density at radius 1 is 1.05 bits per heavy atom. The van der Waals surface area contributed by atoms with Crippen LogP contribution < -0.4 is 5.32 Å². The van der Waals surface area contributed by atoms with E-state index >= 15 is 0 Å². The summed E-state index contributed by atoms with van der Waals surface area (Å²) >= 11 is 3.47. The van der Waals surface area contributed by atoms with E-state index in [1.807, 2.05) is 6.07 Å². The lowest BCUT2D eigenvalue weighted by atomic mass is 10.2. The number of rotatable bonds is 6. The molecule has 0 aromatic heterocycles. The first-order chi connectivity index (χ1) is 9.65. The Morgan fingerprint density at radius 2 is 1.70 bits per heavy atom. The lowest BCUT2D eigenvalue weighted by Crippen LogP contribution is -2.34. The van der Waals surface area contributed by atoms with Crippen molar-refractivity contribution < 1.29 is 0 Å². The van der Waals surface area contributed by atoms with Crippen LogP contribution in [0.15, 0.2) is 59.1 Å². The molecule has 1 N–H and O–H groups in total. The third-order valence-corrected chi connectivity index (χ3v) is 4.00. The minimum absolute atomic E-state index is 0.471. The molecule has 0 amide bonds. The van der Waals surface area contributed by atoms with Crippen LogP contribution >= 0.6 is 15.9 Å². The van der Waals surface area contributed by atoms with Gasteiger partial charge in [0.25, 0.3) is 0 Å². The van der Waals surface area contributed by atoms with Crippen LogP contribution in [0, 0.1) is 0 Å². The van der Waals surface area contributed by atoms with Crippen LogP contribution in [0.4, 0.5) is 5.69 Å². The number of para-hydroxylation sites is 1. The Kier molecular flexibility index (Phi) is 5.62. The summed E-state index contributed by atoms with van der Waals surface area (Å²) in [4.78, 5) is 2.36. The molecule has 1 atom stereocenters. The second kappa shape index (κ2) is 7.46. The molecule has 20 heavy (non-hydrogen) atoms. The molecule has 0 aliphatic carbocycles. The lowest BCUT2D eigenvalue weighted by molar-refractivity contribution is 0.259. The van der Waals surface area contributed by atoms with E-state index in [0.717, 1.165) is 17.6 Å². The third-order valence-electron chi connectivity index (χ3n) is 3.47. The molecule has 2 nitrogen and oxygen atoms in total. The van der Waals surface area contributed by atoms with Gasteiger partial charge in [-0.2, -0.15) is 0 Å². The molecule has 2 aromatic carbocycles. The van der Waals surface area contributed by atoms with E-state index in [-0.39, 0.29) is 0 Å². The van der Waals surface area contributed by atoms with Crippen molar-refractivity contribution in [3.8, 4) is 0 Å². The van der Waals surface area contributed by atoms with E-state index in [2.05, 4.69) is 88.6 Å². The lowest BCUT2D eigenvalue weighted by Gasteiger charge is -2.25. The Morgan fingerprint density at radius 3 is 2.35 bits per heavy atom. The van der Waals surface area contributed by atoms with Gasteiger partial charge in [0, 0.05) is 29.3 Å². The Balaban J connectivity index is 1.82. The number of nitrogens with one attached hydrogen (secondary N) is 1. The topological polar surface area (TPSA) is 15.3 Å². The molecule has 0 fully saturated rings. The van der Waals surface area contributed by atoms with Gasteiger partial charge >= 0.3 is 0 Å². The van der Waals surface area contributed by atoms with Crippen LogP contribution in [-0.2, 0) is 6.54 Å². The molecule has 0 aliphatic rings. The number of anilines is 1. The Hall–Kier alpha value is -1.32. The molecule has 0 saturated carbocycles. The van der Waals surface area contributed by atoms with Gasteiger partial charge in [-0.1, -0.05) is 46.3 Å². The molecule has 0 bridgehead atoms. The van der Waals surface area contributed by atoms with Crippen LogP contribution in [0.2, 0.25) is 0 Å². The number of benzene rings is 2. The van der Waals surface area contributed by atoms with Crippen molar-refractivity contribution in [3.05, 3.63) is 64.6 Å². The average molecular weight is 333 g/mol. The van der Waals surface area contributed by atoms with Gasteiger partial charge < -0.3 is 5.32 Å². The van der Waals surface area contributed by atoms with E-state index in [4.69, 9.17) is 0 Å². The molecule has 1 unspecified atom stereocenters. The SMILES string of the molecule is CC(CNc1ccccc1)N(C)Cc1ccc(Br)cc1. The molecular weight excluding hydrogens is 312 g/mol. The van der Waals surface area contributed by atoms with Crippen molar-refractivity contribution in [1.82, 2.24) is 4.90 Å². The van der Waals surface area contributed by atoms with Gasteiger partial charge in [-0.25, -0.2) is 0 Å².